The van der Waals surface area contributed by atoms with E-state index in [-0.39, 0.29) is 5.91 Å². The first-order valence-electron chi connectivity index (χ1n) is 7.19. The Bertz CT molecular complexity index is 501. The molecular formula is C16H21NO3S. The maximum absolute atomic E-state index is 12.0. The molecule has 2 rings (SSSR count). The Kier molecular flexibility index (Phi) is 5.67. The van der Waals surface area contributed by atoms with Gasteiger partial charge < -0.3 is 10.0 Å². The van der Waals surface area contributed by atoms with E-state index in [0.29, 0.717) is 17.9 Å². The molecular weight excluding hydrogens is 286 g/mol. The van der Waals surface area contributed by atoms with E-state index in [1.54, 1.807) is 23.9 Å². The molecule has 1 unspecified atom stereocenters. The lowest BCUT2D eigenvalue weighted by Gasteiger charge is -2.16. The summed E-state index contributed by atoms with van der Waals surface area (Å²) in [6.45, 7) is 1.68. The van der Waals surface area contributed by atoms with E-state index in [0.717, 1.165) is 37.2 Å². The number of likely N-dealkylation sites (tertiary alicyclic amines) is 1. The molecule has 5 heteroatoms. The van der Waals surface area contributed by atoms with Crippen molar-refractivity contribution in [2.24, 2.45) is 5.92 Å². The Morgan fingerprint density at radius 2 is 2.05 bits per heavy atom. The van der Waals surface area contributed by atoms with Gasteiger partial charge in [0, 0.05) is 25.3 Å². The first kappa shape index (κ1) is 15.9. The quantitative estimate of drug-likeness (QED) is 0.877. The Morgan fingerprint density at radius 1 is 1.33 bits per heavy atom. The van der Waals surface area contributed by atoms with Crippen molar-refractivity contribution in [2.75, 3.05) is 25.1 Å². The average Bonchev–Trinajstić information content (AvgIpc) is 2.94. The zero-order chi connectivity index (χ0) is 15.2. The van der Waals surface area contributed by atoms with Crippen molar-refractivity contribution >= 4 is 23.6 Å². The van der Waals surface area contributed by atoms with Gasteiger partial charge in [-0.3, -0.25) is 4.79 Å². The number of aromatic carboxylic acids is 1. The highest BCUT2D eigenvalue weighted by atomic mass is 32.2. The van der Waals surface area contributed by atoms with Crippen LogP contribution in [0.25, 0.3) is 0 Å². The third kappa shape index (κ3) is 4.49. The van der Waals surface area contributed by atoms with E-state index in [2.05, 4.69) is 0 Å². The molecule has 0 aromatic heterocycles. The number of carbonyl (C=O) groups is 2. The zero-order valence-corrected chi connectivity index (χ0v) is 13.1. The van der Waals surface area contributed by atoms with Gasteiger partial charge in [0.2, 0.25) is 5.91 Å². The number of hydrogen-bond acceptors (Lipinski definition) is 3. The largest absolute Gasteiger partial charge is 0.478 e. The predicted octanol–water partition coefficient (Wildman–Crippen LogP) is 2.53. The molecule has 1 saturated heterocycles. The normalized spacial score (nSPS) is 18.0. The van der Waals surface area contributed by atoms with Gasteiger partial charge in [0.25, 0.3) is 0 Å². The van der Waals surface area contributed by atoms with Crippen LogP contribution in [0.2, 0.25) is 0 Å². The summed E-state index contributed by atoms with van der Waals surface area (Å²) in [5.41, 5.74) is 1.46. The second kappa shape index (κ2) is 7.50. The summed E-state index contributed by atoms with van der Waals surface area (Å²) in [7, 11) is 0. The molecule has 1 amide bonds. The van der Waals surface area contributed by atoms with Crippen LogP contribution in [0.1, 0.15) is 28.8 Å². The van der Waals surface area contributed by atoms with Gasteiger partial charge in [0.1, 0.15) is 0 Å². The number of carboxylic acid groups (broad SMARTS) is 1. The van der Waals surface area contributed by atoms with Gasteiger partial charge in [0.15, 0.2) is 0 Å². The van der Waals surface area contributed by atoms with Crippen LogP contribution >= 0.6 is 11.8 Å². The highest BCUT2D eigenvalue weighted by molar-refractivity contribution is 7.98. The van der Waals surface area contributed by atoms with E-state index >= 15 is 0 Å². The topological polar surface area (TPSA) is 57.6 Å². The molecule has 0 radical (unpaired) electrons. The van der Waals surface area contributed by atoms with Crippen LogP contribution in [0.3, 0.4) is 0 Å². The summed E-state index contributed by atoms with van der Waals surface area (Å²) >= 11 is 1.70. The number of carboxylic acids is 1. The number of nitrogens with zero attached hydrogens (tertiary/aromatic N) is 1. The molecule has 1 aliphatic heterocycles. The number of benzene rings is 1. The fraction of sp³-hybridized carbons (Fsp3) is 0.500. The lowest BCUT2D eigenvalue weighted by molar-refractivity contribution is -0.129. The second-order valence-corrected chi connectivity index (χ2v) is 6.43. The first-order valence-corrected chi connectivity index (χ1v) is 8.58. The minimum atomic E-state index is -0.895. The molecule has 1 fully saturated rings. The van der Waals surface area contributed by atoms with Gasteiger partial charge in [0.05, 0.1) is 5.56 Å². The molecule has 1 atom stereocenters. The fourth-order valence-electron chi connectivity index (χ4n) is 2.69. The van der Waals surface area contributed by atoms with E-state index < -0.39 is 5.97 Å². The summed E-state index contributed by atoms with van der Waals surface area (Å²) < 4.78 is 0. The third-order valence-electron chi connectivity index (χ3n) is 3.88. The molecule has 1 aromatic carbocycles. The molecule has 1 aromatic rings. The minimum absolute atomic E-state index is 0.257. The molecule has 4 nitrogen and oxygen atoms in total. The molecule has 0 bridgehead atoms. The second-order valence-electron chi connectivity index (χ2n) is 5.44. The SMILES string of the molecule is CSCCC(=O)N1CCC(Cc2ccc(C(=O)O)cc2)C1. The smallest absolute Gasteiger partial charge is 0.335 e. The summed E-state index contributed by atoms with van der Waals surface area (Å²) in [6, 6.07) is 7.05. The number of carbonyl (C=O) groups excluding carboxylic acids is 1. The monoisotopic (exact) mass is 307 g/mol. The molecule has 1 N–H and O–H groups in total. The maximum atomic E-state index is 12.0. The van der Waals surface area contributed by atoms with E-state index in [1.165, 1.54) is 0 Å². The van der Waals surface area contributed by atoms with Crippen LogP contribution in [-0.4, -0.2) is 47.0 Å². The van der Waals surface area contributed by atoms with Crippen molar-refractivity contribution in [3.63, 3.8) is 0 Å². The van der Waals surface area contributed by atoms with E-state index in [9.17, 15) is 9.59 Å². The van der Waals surface area contributed by atoms with Gasteiger partial charge in [-0.05, 0) is 42.7 Å². The molecule has 114 valence electrons. The summed E-state index contributed by atoms with van der Waals surface area (Å²) in [6.07, 6.45) is 4.58. The Balaban J connectivity index is 1.84. The Morgan fingerprint density at radius 3 is 2.67 bits per heavy atom. The average molecular weight is 307 g/mol. The van der Waals surface area contributed by atoms with Crippen LogP contribution in [0.4, 0.5) is 0 Å². The van der Waals surface area contributed by atoms with Gasteiger partial charge in [-0.2, -0.15) is 11.8 Å². The van der Waals surface area contributed by atoms with Crippen molar-refractivity contribution in [3.8, 4) is 0 Å². The molecule has 21 heavy (non-hydrogen) atoms. The molecule has 0 saturated carbocycles. The van der Waals surface area contributed by atoms with Gasteiger partial charge in [-0.15, -0.1) is 0 Å². The first-order chi connectivity index (χ1) is 10.1. The van der Waals surface area contributed by atoms with Crippen LogP contribution in [0.15, 0.2) is 24.3 Å². The highest BCUT2D eigenvalue weighted by Crippen LogP contribution is 2.22. The van der Waals surface area contributed by atoms with Crippen LogP contribution in [0.5, 0.6) is 0 Å². The maximum Gasteiger partial charge on any atom is 0.335 e. The lowest BCUT2D eigenvalue weighted by Crippen LogP contribution is -2.29. The van der Waals surface area contributed by atoms with Crippen molar-refractivity contribution in [2.45, 2.75) is 19.3 Å². The van der Waals surface area contributed by atoms with Crippen LogP contribution < -0.4 is 0 Å². The third-order valence-corrected chi connectivity index (χ3v) is 4.50. The lowest BCUT2D eigenvalue weighted by atomic mass is 9.98. The summed E-state index contributed by atoms with van der Waals surface area (Å²) in [4.78, 5) is 24.7. The van der Waals surface area contributed by atoms with Crippen LogP contribution in [0, 0.1) is 5.92 Å². The van der Waals surface area contributed by atoms with Crippen molar-refractivity contribution in [1.82, 2.24) is 4.90 Å². The molecule has 1 heterocycles. The molecule has 0 spiro atoms. The van der Waals surface area contributed by atoms with Gasteiger partial charge >= 0.3 is 5.97 Å². The number of rotatable bonds is 6. The van der Waals surface area contributed by atoms with E-state index in [1.807, 2.05) is 23.3 Å². The Hall–Kier alpha value is -1.49. The molecule has 1 aliphatic rings. The zero-order valence-electron chi connectivity index (χ0n) is 12.2. The van der Waals surface area contributed by atoms with E-state index in [4.69, 9.17) is 5.11 Å². The minimum Gasteiger partial charge on any atom is -0.478 e. The van der Waals surface area contributed by atoms with Crippen LogP contribution in [-0.2, 0) is 11.2 Å². The standard InChI is InChI=1S/C16H21NO3S/c1-21-9-7-15(18)17-8-6-13(11-17)10-12-2-4-14(5-3-12)16(19)20/h2-5,13H,6-11H2,1H3,(H,19,20). The number of hydrogen-bond donors (Lipinski definition) is 1. The summed E-state index contributed by atoms with van der Waals surface area (Å²) in [5.74, 6) is 0.733. The number of amides is 1. The highest BCUT2D eigenvalue weighted by Gasteiger charge is 2.25. The molecule has 0 aliphatic carbocycles. The van der Waals surface area contributed by atoms with Crippen molar-refractivity contribution in [1.29, 1.82) is 0 Å². The predicted molar refractivity (Wildman–Crippen MR) is 84.8 cm³/mol. The van der Waals surface area contributed by atoms with Crippen molar-refractivity contribution < 1.29 is 14.7 Å². The Labute approximate surface area is 129 Å². The van der Waals surface area contributed by atoms with Crippen molar-refractivity contribution in [3.05, 3.63) is 35.4 Å². The van der Waals surface area contributed by atoms with Gasteiger partial charge in [-0.25, -0.2) is 4.79 Å². The van der Waals surface area contributed by atoms with Gasteiger partial charge in [-0.1, -0.05) is 12.1 Å². The fourth-order valence-corrected chi connectivity index (χ4v) is 3.07. The number of thioether (sulfide) groups is 1. The summed E-state index contributed by atoms with van der Waals surface area (Å²) in [5, 5.41) is 8.88.